The number of rotatable bonds is 36. The zero-order valence-corrected chi connectivity index (χ0v) is 32.8. The molecule has 45 heavy (non-hydrogen) atoms. The van der Waals surface area contributed by atoms with Crippen LogP contribution in [0.4, 0.5) is 0 Å². The fraction of sp³-hybridized carbons (Fsp3) is 1.00. The molecule has 0 aliphatic rings. The first-order valence-electron chi connectivity index (χ1n) is 20.3. The third-order valence-electron chi connectivity index (χ3n) is 9.73. The highest BCUT2D eigenvalue weighted by Crippen LogP contribution is 2.30. The molecule has 0 aromatic rings. The minimum Gasteiger partial charge on any atom is -0.381 e. The smallest absolute Gasteiger partial charge is 0.0787 e. The van der Waals surface area contributed by atoms with Gasteiger partial charge in [-0.3, -0.25) is 0 Å². The largest absolute Gasteiger partial charge is 0.381 e. The fourth-order valence-electron chi connectivity index (χ4n) is 6.27. The molecule has 0 radical (unpaired) electrons. The van der Waals surface area contributed by atoms with Gasteiger partial charge >= 0.3 is 0 Å². The van der Waals surface area contributed by atoms with Crippen LogP contribution in [0.1, 0.15) is 181 Å². The van der Waals surface area contributed by atoms with Crippen LogP contribution in [-0.4, -0.2) is 90.8 Å². The van der Waals surface area contributed by atoms with E-state index in [4.69, 9.17) is 9.47 Å². The molecular formula is C41H88N2O2+2. The van der Waals surface area contributed by atoms with E-state index < -0.39 is 0 Å². The molecule has 0 spiro atoms. The number of unbranched alkanes of at least 4 members (excludes halogenated alkanes) is 22. The molecule has 4 heteroatoms. The molecule has 0 saturated carbocycles. The van der Waals surface area contributed by atoms with Crippen molar-refractivity contribution in [1.29, 1.82) is 0 Å². The summed E-state index contributed by atoms with van der Waals surface area (Å²) in [7, 11) is 13.9. The van der Waals surface area contributed by atoms with E-state index in [9.17, 15) is 0 Å². The van der Waals surface area contributed by atoms with Crippen LogP contribution in [0, 0.1) is 5.41 Å². The maximum Gasteiger partial charge on any atom is 0.0787 e. The number of hydrogen-bond acceptors (Lipinski definition) is 2. The number of quaternary nitrogens is 2. The van der Waals surface area contributed by atoms with Gasteiger partial charge in [0.05, 0.1) is 68.6 Å². The molecule has 0 fully saturated rings. The van der Waals surface area contributed by atoms with Gasteiger partial charge in [-0.05, 0) is 12.8 Å². The lowest BCUT2D eigenvalue weighted by atomic mass is 9.81. The summed E-state index contributed by atoms with van der Waals surface area (Å²) in [4.78, 5) is 0. The Morgan fingerprint density at radius 1 is 0.356 bits per heavy atom. The molecule has 0 aromatic carbocycles. The minimum atomic E-state index is 0.116. The van der Waals surface area contributed by atoms with E-state index in [1.165, 1.54) is 180 Å². The van der Waals surface area contributed by atoms with Crippen LogP contribution in [0.25, 0.3) is 0 Å². The van der Waals surface area contributed by atoms with E-state index in [-0.39, 0.29) is 5.41 Å². The Kier molecular flexibility index (Phi) is 29.8. The molecule has 0 amide bonds. The van der Waals surface area contributed by atoms with Gasteiger partial charge < -0.3 is 18.4 Å². The zero-order chi connectivity index (χ0) is 33.5. The highest BCUT2D eigenvalue weighted by Gasteiger charge is 2.35. The normalized spacial score (nSPS) is 12.8. The lowest BCUT2D eigenvalue weighted by Crippen LogP contribution is -2.45. The Morgan fingerprint density at radius 2 is 0.600 bits per heavy atom. The van der Waals surface area contributed by atoms with E-state index in [1.807, 2.05) is 0 Å². The number of hydrogen-bond donors (Lipinski definition) is 0. The Balaban J connectivity index is 4.44. The van der Waals surface area contributed by atoms with Crippen molar-refractivity contribution in [3.63, 3.8) is 0 Å². The van der Waals surface area contributed by atoms with Crippen LogP contribution in [-0.2, 0) is 9.47 Å². The predicted octanol–water partition coefficient (Wildman–Crippen LogP) is 11.6. The molecule has 272 valence electrons. The fourth-order valence-corrected chi connectivity index (χ4v) is 6.27. The Hall–Kier alpha value is -0.160. The summed E-state index contributed by atoms with van der Waals surface area (Å²) < 4.78 is 15.0. The van der Waals surface area contributed by atoms with E-state index in [0.29, 0.717) is 0 Å². The Bertz CT molecular complexity index is 543. The quantitative estimate of drug-likeness (QED) is 0.0501. The second-order valence-corrected chi connectivity index (χ2v) is 16.9. The van der Waals surface area contributed by atoms with Crippen LogP contribution < -0.4 is 0 Å². The zero-order valence-electron chi connectivity index (χ0n) is 32.8. The summed E-state index contributed by atoms with van der Waals surface area (Å²) in [6.45, 7) is 10.5. The molecule has 4 nitrogen and oxygen atoms in total. The van der Waals surface area contributed by atoms with Crippen molar-refractivity contribution in [3.05, 3.63) is 0 Å². The third kappa shape index (κ3) is 33.5. The molecule has 0 heterocycles. The van der Waals surface area contributed by atoms with Crippen LogP contribution in [0.3, 0.4) is 0 Å². The number of ether oxygens (including phenoxy) is 2. The van der Waals surface area contributed by atoms with Gasteiger partial charge in [0.25, 0.3) is 0 Å². The molecular weight excluding hydrogens is 552 g/mol. The van der Waals surface area contributed by atoms with Crippen LogP contribution in [0.2, 0.25) is 0 Å². The molecule has 0 atom stereocenters. The molecule has 0 N–H and O–H groups in total. The van der Waals surface area contributed by atoms with Crippen molar-refractivity contribution in [2.75, 3.05) is 81.8 Å². The maximum atomic E-state index is 6.50. The monoisotopic (exact) mass is 641 g/mol. The van der Waals surface area contributed by atoms with Crippen molar-refractivity contribution in [2.45, 2.75) is 181 Å². The first-order chi connectivity index (χ1) is 21.5. The van der Waals surface area contributed by atoms with E-state index in [1.54, 1.807) is 0 Å². The van der Waals surface area contributed by atoms with Crippen molar-refractivity contribution < 1.29 is 18.4 Å². The van der Waals surface area contributed by atoms with Crippen LogP contribution >= 0.6 is 0 Å². The van der Waals surface area contributed by atoms with Gasteiger partial charge in [-0.1, -0.05) is 155 Å². The van der Waals surface area contributed by atoms with Crippen molar-refractivity contribution in [3.8, 4) is 0 Å². The molecule has 0 saturated heterocycles. The third-order valence-corrected chi connectivity index (χ3v) is 9.73. The van der Waals surface area contributed by atoms with Crippen molar-refractivity contribution in [2.24, 2.45) is 5.41 Å². The topological polar surface area (TPSA) is 18.5 Å². The maximum absolute atomic E-state index is 6.50. The summed E-state index contributed by atoms with van der Waals surface area (Å²) in [5.41, 5.74) is 0.116. The summed E-state index contributed by atoms with van der Waals surface area (Å²) >= 11 is 0. The first-order valence-corrected chi connectivity index (χ1v) is 20.3. The number of nitrogens with zero attached hydrogens (tertiary/aromatic N) is 2. The average molecular weight is 641 g/mol. The van der Waals surface area contributed by atoms with Gasteiger partial charge in [0.2, 0.25) is 0 Å². The molecule has 0 bridgehead atoms. The van der Waals surface area contributed by atoms with E-state index in [2.05, 4.69) is 56.1 Å². The molecule has 0 rings (SSSR count). The lowest BCUT2D eigenvalue weighted by molar-refractivity contribution is -0.874. The predicted molar refractivity (Wildman–Crippen MR) is 201 cm³/mol. The Labute approximate surface area is 286 Å². The van der Waals surface area contributed by atoms with Crippen LogP contribution in [0.15, 0.2) is 0 Å². The molecule has 0 aliphatic heterocycles. The van der Waals surface area contributed by atoms with Gasteiger partial charge in [0, 0.05) is 31.5 Å². The summed E-state index contributed by atoms with van der Waals surface area (Å²) in [5.74, 6) is 0. The minimum absolute atomic E-state index is 0.116. The summed E-state index contributed by atoms with van der Waals surface area (Å²) in [6.07, 6.45) is 35.7. The van der Waals surface area contributed by atoms with Crippen LogP contribution in [0.5, 0.6) is 0 Å². The highest BCUT2D eigenvalue weighted by molar-refractivity contribution is 4.80. The summed E-state index contributed by atoms with van der Waals surface area (Å²) in [6, 6.07) is 0. The van der Waals surface area contributed by atoms with Crippen molar-refractivity contribution >= 4 is 0 Å². The van der Waals surface area contributed by atoms with Gasteiger partial charge in [-0.2, -0.15) is 0 Å². The van der Waals surface area contributed by atoms with Gasteiger partial charge in [-0.25, -0.2) is 0 Å². The standard InChI is InChI=1S/C41H88N2O2/c1-9-11-13-15-17-19-21-23-25-27-29-31-37-44-39-41(33-35-42(3,4)5,34-36-43(6,7)8)40-45-38-32-30-28-26-24-22-20-18-16-14-12-10-2/h9-40H2,1-8H3/q+2. The highest BCUT2D eigenvalue weighted by atomic mass is 16.5. The Morgan fingerprint density at radius 3 is 0.844 bits per heavy atom. The van der Waals surface area contributed by atoms with Gasteiger partial charge in [-0.15, -0.1) is 0 Å². The SMILES string of the molecule is CCCCCCCCCCCCCCOCC(CC[N+](C)(C)C)(CC[N+](C)(C)C)COCCCCCCCCCCCCCC. The van der Waals surface area contributed by atoms with E-state index in [0.717, 1.165) is 35.4 Å². The molecule has 0 unspecified atom stereocenters. The summed E-state index contributed by atoms with van der Waals surface area (Å²) in [5, 5.41) is 0. The van der Waals surface area contributed by atoms with Gasteiger partial charge in [0.15, 0.2) is 0 Å². The van der Waals surface area contributed by atoms with Gasteiger partial charge in [0.1, 0.15) is 0 Å². The van der Waals surface area contributed by atoms with Crippen molar-refractivity contribution in [1.82, 2.24) is 0 Å². The first kappa shape index (κ1) is 44.8. The second kappa shape index (κ2) is 29.9. The molecule has 0 aromatic heterocycles. The van der Waals surface area contributed by atoms with E-state index >= 15 is 0 Å². The molecule has 0 aliphatic carbocycles. The second-order valence-electron chi connectivity index (χ2n) is 16.9. The lowest BCUT2D eigenvalue weighted by Gasteiger charge is -2.38. The average Bonchev–Trinajstić information content (AvgIpc) is 2.98.